The lowest BCUT2D eigenvalue weighted by Gasteiger charge is -2.21. The molecule has 0 saturated carbocycles. The molecule has 0 aliphatic carbocycles. The van der Waals surface area contributed by atoms with E-state index in [9.17, 15) is 4.79 Å². The molecule has 2 heterocycles. The van der Waals surface area contributed by atoms with Crippen molar-refractivity contribution >= 4 is 17.4 Å². The molecule has 2 N–H and O–H groups in total. The molecule has 0 aliphatic rings. The van der Waals surface area contributed by atoms with Gasteiger partial charge in [-0.15, -0.1) is 10.2 Å². The van der Waals surface area contributed by atoms with Crippen molar-refractivity contribution in [3.05, 3.63) is 60.0 Å². The molecule has 3 aromatic rings. The van der Waals surface area contributed by atoms with Gasteiger partial charge in [0.05, 0.1) is 17.7 Å². The fraction of sp³-hybridized carbons (Fsp3) is 0.222. The lowest BCUT2D eigenvalue weighted by atomic mass is 10.0. The first kappa shape index (κ1) is 16.5. The molecular weight excluding hydrogens is 316 g/mol. The summed E-state index contributed by atoms with van der Waals surface area (Å²) in [5.41, 5.74) is 1.78. The van der Waals surface area contributed by atoms with E-state index in [1.165, 1.54) is 0 Å². The molecule has 7 heteroatoms. The molecule has 25 heavy (non-hydrogen) atoms. The van der Waals surface area contributed by atoms with Crippen LogP contribution in [0.5, 0.6) is 0 Å². The number of benzene rings is 1. The van der Waals surface area contributed by atoms with Gasteiger partial charge in [0, 0.05) is 11.9 Å². The molecule has 0 aliphatic heterocycles. The molecule has 2 amide bonds. The van der Waals surface area contributed by atoms with E-state index >= 15 is 0 Å². The number of hydrogen-bond acceptors (Lipinski definition) is 4. The van der Waals surface area contributed by atoms with Crippen LogP contribution >= 0.6 is 0 Å². The lowest BCUT2D eigenvalue weighted by molar-refractivity contribution is 0.243. The second kappa shape index (κ2) is 7.01. The molecule has 126 valence electrons. The highest BCUT2D eigenvalue weighted by molar-refractivity contribution is 5.89. The second-order valence-corrected chi connectivity index (χ2v) is 6.00. The summed E-state index contributed by atoms with van der Waals surface area (Å²) >= 11 is 0. The monoisotopic (exact) mass is 334 g/mol. The number of anilines is 1. The highest BCUT2D eigenvalue weighted by Gasteiger charge is 2.23. The maximum Gasteiger partial charge on any atom is 0.319 e. The quantitative estimate of drug-likeness (QED) is 0.766. The zero-order chi connectivity index (χ0) is 17.8. The fourth-order valence-electron chi connectivity index (χ4n) is 2.58. The van der Waals surface area contributed by atoms with Crippen molar-refractivity contribution in [1.82, 2.24) is 19.9 Å². The number of hydrogen-bond donors (Lipinski definition) is 2. The van der Waals surface area contributed by atoms with Crippen LogP contribution in [-0.4, -0.2) is 20.6 Å². The van der Waals surface area contributed by atoms with E-state index in [-0.39, 0.29) is 18.0 Å². The summed E-state index contributed by atoms with van der Waals surface area (Å²) < 4.78 is 1.86. The van der Waals surface area contributed by atoms with Gasteiger partial charge in [0.1, 0.15) is 0 Å². The van der Waals surface area contributed by atoms with Crippen LogP contribution in [0.2, 0.25) is 0 Å². The topological polar surface area (TPSA) is 95.1 Å². The van der Waals surface area contributed by atoms with Crippen molar-refractivity contribution in [3.63, 3.8) is 0 Å². The molecule has 1 aromatic carbocycles. The van der Waals surface area contributed by atoms with Crippen LogP contribution in [0.25, 0.3) is 5.65 Å². The predicted octanol–water partition coefficient (Wildman–Crippen LogP) is 3.12. The number of nitrogens with zero attached hydrogens (tertiary/aromatic N) is 4. The normalized spacial score (nSPS) is 11.9. The average Bonchev–Trinajstić information content (AvgIpc) is 3.03. The molecular formula is C18H18N6O. The minimum Gasteiger partial charge on any atom is -0.328 e. The number of rotatable bonds is 4. The Morgan fingerprint density at radius 3 is 2.80 bits per heavy atom. The summed E-state index contributed by atoms with van der Waals surface area (Å²) in [5.74, 6) is 0.787. The molecule has 0 saturated heterocycles. The third kappa shape index (κ3) is 3.58. The summed E-state index contributed by atoms with van der Waals surface area (Å²) in [7, 11) is 0. The number of pyridine rings is 1. The van der Waals surface area contributed by atoms with Crippen LogP contribution in [-0.2, 0) is 0 Å². The molecule has 2 aromatic heterocycles. The Morgan fingerprint density at radius 1 is 1.20 bits per heavy atom. The summed E-state index contributed by atoms with van der Waals surface area (Å²) in [4.78, 5) is 12.4. The van der Waals surface area contributed by atoms with Crippen LogP contribution < -0.4 is 10.6 Å². The van der Waals surface area contributed by atoms with Gasteiger partial charge < -0.3 is 10.6 Å². The van der Waals surface area contributed by atoms with Crippen molar-refractivity contribution in [2.24, 2.45) is 5.92 Å². The van der Waals surface area contributed by atoms with Crippen molar-refractivity contribution in [2.75, 3.05) is 5.32 Å². The second-order valence-electron chi connectivity index (χ2n) is 6.00. The number of carbonyl (C=O) groups excluding carboxylic acids is 1. The fourth-order valence-corrected chi connectivity index (χ4v) is 2.58. The van der Waals surface area contributed by atoms with Crippen LogP contribution in [0.15, 0.2) is 48.7 Å². The van der Waals surface area contributed by atoms with Gasteiger partial charge in [-0.2, -0.15) is 5.26 Å². The molecule has 0 bridgehead atoms. The number of nitrogens with one attached hydrogen (secondary N) is 2. The van der Waals surface area contributed by atoms with Crippen molar-refractivity contribution in [2.45, 2.75) is 19.9 Å². The molecule has 1 atom stereocenters. The van der Waals surface area contributed by atoms with Crippen molar-refractivity contribution in [1.29, 1.82) is 5.26 Å². The molecule has 0 radical (unpaired) electrons. The maximum atomic E-state index is 12.4. The third-order valence-electron chi connectivity index (χ3n) is 3.82. The van der Waals surface area contributed by atoms with Crippen LogP contribution in [0.1, 0.15) is 31.3 Å². The van der Waals surface area contributed by atoms with Gasteiger partial charge in [-0.3, -0.25) is 4.40 Å². The number of carbonyl (C=O) groups is 1. The smallest absolute Gasteiger partial charge is 0.319 e. The third-order valence-corrected chi connectivity index (χ3v) is 3.82. The Morgan fingerprint density at radius 2 is 2.04 bits per heavy atom. The maximum absolute atomic E-state index is 12.4. The van der Waals surface area contributed by atoms with Gasteiger partial charge in [0.25, 0.3) is 0 Å². The van der Waals surface area contributed by atoms with Crippen molar-refractivity contribution < 1.29 is 4.79 Å². The highest BCUT2D eigenvalue weighted by atomic mass is 16.2. The minimum absolute atomic E-state index is 0.115. The first-order valence-corrected chi connectivity index (χ1v) is 7.96. The van der Waals surface area contributed by atoms with Crippen LogP contribution in [0.3, 0.4) is 0 Å². The van der Waals surface area contributed by atoms with E-state index in [1.54, 1.807) is 24.3 Å². The molecule has 0 unspecified atom stereocenters. The van der Waals surface area contributed by atoms with E-state index in [0.29, 0.717) is 17.1 Å². The van der Waals surface area contributed by atoms with Gasteiger partial charge in [0.2, 0.25) is 0 Å². The number of nitriles is 1. The predicted molar refractivity (Wildman–Crippen MR) is 93.9 cm³/mol. The Balaban J connectivity index is 1.80. The summed E-state index contributed by atoms with van der Waals surface area (Å²) in [6.07, 6.45) is 1.87. The summed E-state index contributed by atoms with van der Waals surface area (Å²) in [6, 6.07) is 13.8. The van der Waals surface area contributed by atoms with Gasteiger partial charge in [-0.05, 0) is 36.2 Å². The first-order valence-electron chi connectivity index (χ1n) is 7.96. The molecule has 3 rings (SSSR count). The molecule has 7 nitrogen and oxygen atoms in total. The Labute approximate surface area is 145 Å². The van der Waals surface area contributed by atoms with Crippen LogP contribution in [0, 0.1) is 17.2 Å². The van der Waals surface area contributed by atoms with Gasteiger partial charge in [-0.1, -0.05) is 26.0 Å². The van der Waals surface area contributed by atoms with Crippen LogP contribution in [0.4, 0.5) is 10.5 Å². The standard InChI is InChI=1S/C18H18N6O/c1-12(2)16(17-23-22-15-8-3-4-9-24(15)17)21-18(25)20-14-7-5-6-13(10-14)11-19/h3-10,12,16H,1-2H3,(H2,20,21,25)/t16-/m1/s1. The number of fused-ring (bicyclic) bond motifs is 1. The summed E-state index contributed by atoms with van der Waals surface area (Å²) in [5, 5.41) is 23.0. The number of amides is 2. The zero-order valence-electron chi connectivity index (χ0n) is 14.0. The van der Waals surface area contributed by atoms with E-state index < -0.39 is 0 Å². The highest BCUT2D eigenvalue weighted by Crippen LogP contribution is 2.21. The number of urea groups is 1. The number of aromatic nitrogens is 3. The SMILES string of the molecule is CC(C)[C@@H](NC(=O)Nc1cccc(C#N)c1)c1nnc2ccccn12. The van der Waals surface area contributed by atoms with Gasteiger partial charge in [0.15, 0.2) is 11.5 Å². The Bertz CT molecular complexity index is 940. The largest absolute Gasteiger partial charge is 0.328 e. The van der Waals surface area contributed by atoms with E-state index in [1.807, 2.05) is 48.7 Å². The average molecular weight is 334 g/mol. The Kier molecular flexibility index (Phi) is 4.61. The lowest BCUT2D eigenvalue weighted by Crippen LogP contribution is -2.36. The zero-order valence-corrected chi connectivity index (χ0v) is 14.0. The van der Waals surface area contributed by atoms with E-state index in [0.717, 1.165) is 5.65 Å². The van der Waals surface area contributed by atoms with E-state index in [4.69, 9.17) is 5.26 Å². The van der Waals surface area contributed by atoms with Crippen molar-refractivity contribution in [3.8, 4) is 6.07 Å². The van der Waals surface area contributed by atoms with Gasteiger partial charge >= 0.3 is 6.03 Å². The Hall–Kier alpha value is -3.40. The summed E-state index contributed by atoms with van der Waals surface area (Å²) in [6.45, 7) is 4.01. The first-order chi connectivity index (χ1) is 12.1. The molecule has 0 spiro atoms. The van der Waals surface area contributed by atoms with Gasteiger partial charge in [-0.25, -0.2) is 4.79 Å². The van der Waals surface area contributed by atoms with E-state index in [2.05, 4.69) is 20.8 Å². The minimum atomic E-state index is -0.360. The molecule has 0 fully saturated rings.